The zero-order chi connectivity index (χ0) is 25.1. The third-order valence-electron chi connectivity index (χ3n) is 5.39. The van der Waals surface area contributed by atoms with Crippen molar-refractivity contribution < 1.29 is 22.7 Å². The minimum absolute atomic E-state index is 0.0283. The smallest absolute Gasteiger partial charge is 0.261 e. The maximum Gasteiger partial charge on any atom is 0.261 e. The summed E-state index contributed by atoms with van der Waals surface area (Å²) >= 11 is 0. The number of carbonyl (C=O) groups is 2. The Balaban J connectivity index is 1.83. The van der Waals surface area contributed by atoms with Gasteiger partial charge in [-0.15, -0.1) is 0 Å². The monoisotopic (exact) mass is 487 g/mol. The molecule has 34 heavy (non-hydrogen) atoms. The molecule has 1 aliphatic rings. The van der Waals surface area contributed by atoms with Crippen molar-refractivity contribution in [3.8, 4) is 5.75 Å². The number of benzene rings is 2. The lowest BCUT2D eigenvalue weighted by Crippen LogP contribution is -2.43. The zero-order valence-electron chi connectivity index (χ0n) is 20.3. The summed E-state index contributed by atoms with van der Waals surface area (Å²) in [5.74, 6) is 0.557. The van der Waals surface area contributed by atoms with Crippen molar-refractivity contribution in [2.75, 3.05) is 28.1 Å². The molecule has 2 amide bonds. The molecule has 0 atom stereocenters. The van der Waals surface area contributed by atoms with E-state index in [9.17, 15) is 18.0 Å². The number of nitrogens with zero attached hydrogens (tertiary/aromatic N) is 1. The lowest BCUT2D eigenvalue weighted by Gasteiger charge is -2.29. The molecule has 0 saturated carbocycles. The number of amides is 2. The lowest BCUT2D eigenvalue weighted by molar-refractivity contribution is -0.127. The van der Waals surface area contributed by atoms with E-state index in [0.29, 0.717) is 35.8 Å². The molecule has 2 aromatic carbocycles. The predicted octanol–water partition coefficient (Wildman–Crippen LogP) is 4.63. The van der Waals surface area contributed by atoms with Crippen LogP contribution in [0, 0.1) is 11.3 Å². The van der Waals surface area contributed by atoms with Crippen LogP contribution in [0.3, 0.4) is 0 Å². The second-order valence-electron chi connectivity index (χ2n) is 9.59. The highest BCUT2D eigenvalue weighted by atomic mass is 32.2. The van der Waals surface area contributed by atoms with Gasteiger partial charge < -0.3 is 15.0 Å². The molecule has 3 rings (SSSR count). The normalized spacial score (nSPS) is 15.4. The fraction of sp³-hybridized carbons (Fsp3) is 0.440. The van der Waals surface area contributed by atoms with E-state index in [4.69, 9.17) is 4.74 Å². The molecule has 0 saturated heterocycles. The van der Waals surface area contributed by atoms with Crippen LogP contribution < -0.4 is 19.7 Å². The standard InChI is InChI=1S/C25H33N3O5S/c1-6-7-23(29)26-18-8-11-20(12-9-18)34(31,32)27-19-10-13-21-22(14-19)33-16-25(4,5)24(30)28(21)15-17(2)3/h8-14,17,27H,6-7,15-16H2,1-5H3,(H,26,29). The maximum absolute atomic E-state index is 13.1. The van der Waals surface area contributed by atoms with E-state index in [2.05, 4.69) is 10.0 Å². The number of fused-ring (bicyclic) bond motifs is 1. The van der Waals surface area contributed by atoms with Crippen LogP contribution in [-0.2, 0) is 19.6 Å². The fourth-order valence-corrected chi connectivity index (χ4v) is 4.69. The Kier molecular flexibility index (Phi) is 7.55. The van der Waals surface area contributed by atoms with E-state index < -0.39 is 15.4 Å². The molecule has 9 heteroatoms. The topological polar surface area (TPSA) is 105 Å². The molecule has 2 aromatic rings. The summed E-state index contributed by atoms with van der Waals surface area (Å²) in [4.78, 5) is 26.6. The summed E-state index contributed by atoms with van der Waals surface area (Å²) in [5, 5.41) is 2.74. The number of hydrogen-bond donors (Lipinski definition) is 2. The van der Waals surface area contributed by atoms with Crippen LogP contribution >= 0.6 is 0 Å². The maximum atomic E-state index is 13.1. The van der Waals surface area contributed by atoms with Crippen LogP contribution in [0.25, 0.3) is 0 Å². The first-order valence-corrected chi connectivity index (χ1v) is 12.9. The Morgan fingerprint density at radius 2 is 1.76 bits per heavy atom. The number of anilines is 3. The van der Waals surface area contributed by atoms with Crippen LogP contribution in [0.2, 0.25) is 0 Å². The molecule has 2 N–H and O–H groups in total. The Morgan fingerprint density at radius 3 is 2.38 bits per heavy atom. The van der Waals surface area contributed by atoms with E-state index in [1.807, 2.05) is 34.6 Å². The van der Waals surface area contributed by atoms with Gasteiger partial charge in [0.15, 0.2) is 0 Å². The van der Waals surface area contributed by atoms with Gasteiger partial charge in [-0.1, -0.05) is 20.8 Å². The highest BCUT2D eigenvalue weighted by molar-refractivity contribution is 7.92. The van der Waals surface area contributed by atoms with Crippen LogP contribution in [0.15, 0.2) is 47.4 Å². The van der Waals surface area contributed by atoms with Crippen molar-refractivity contribution >= 4 is 38.9 Å². The Bertz CT molecular complexity index is 1160. The summed E-state index contributed by atoms with van der Waals surface area (Å²) in [6, 6.07) is 10.9. The number of hydrogen-bond acceptors (Lipinski definition) is 5. The summed E-state index contributed by atoms with van der Waals surface area (Å²) < 4.78 is 34.4. The summed E-state index contributed by atoms with van der Waals surface area (Å²) in [6.45, 7) is 10.4. The van der Waals surface area contributed by atoms with E-state index in [0.717, 1.165) is 6.42 Å². The van der Waals surface area contributed by atoms with Gasteiger partial charge in [0, 0.05) is 24.7 Å². The third-order valence-corrected chi connectivity index (χ3v) is 6.79. The van der Waals surface area contributed by atoms with Gasteiger partial charge in [0.05, 0.1) is 21.7 Å². The van der Waals surface area contributed by atoms with Gasteiger partial charge in [-0.2, -0.15) is 0 Å². The van der Waals surface area contributed by atoms with Crippen LogP contribution in [0.4, 0.5) is 17.1 Å². The molecule has 184 valence electrons. The van der Waals surface area contributed by atoms with Gasteiger partial charge in [-0.25, -0.2) is 8.42 Å². The van der Waals surface area contributed by atoms with Gasteiger partial charge in [0.1, 0.15) is 12.4 Å². The van der Waals surface area contributed by atoms with Crippen LogP contribution in [-0.4, -0.2) is 33.4 Å². The number of carbonyl (C=O) groups excluding carboxylic acids is 2. The van der Waals surface area contributed by atoms with Crippen molar-refractivity contribution in [3.63, 3.8) is 0 Å². The second kappa shape index (κ2) is 10.0. The Labute approximate surface area is 201 Å². The summed E-state index contributed by atoms with van der Waals surface area (Å²) in [6.07, 6.45) is 1.13. The van der Waals surface area contributed by atoms with Gasteiger partial charge in [-0.3, -0.25) is 14.3 Å². The first-order valence-electron chi connectivity index (χ1n) is 11.4. The van der Waals surface area contributed by atoms with Crippen molar-refractivity contribution in [3.05, 3.63) is 42.5 Å². The highest BCUT2D eigenvalue weighted by Crippen LogP contribution is 2.39. The minimum Gasteiger partial charge on any atom is -0.490 e. The average molecular weight is 488 g/mol. The molecule has 0 bridgehead atoms. The fourth-order valence-electron chi connectivity index (χ4n) is 3.64. The van der Waals surface area contributed by atoms with Gasteiger partial charge in [0.25, 0.3) is 10.0 Å². The van der Waals surface area contributed by atoms with E-state index in [1.54, 1.807) is 35.2 Å². The molecule has 1 heterocycles. The zero-order valence-corrected chi connectivity index (χ0v) is 21.2. The number of sulfonamides is 1. The molecule has 8 nitrogen and oxygen atoms in total. The van der Waals surface area contributed by atoms with Crippen molar-refractivity contribution in [2.24, 2.45) is 11.3 Å². The molecule has 0 fully saturated rings. The second-order valence-corrected chi connectivity index (χ2v) is 11.3. The van der Waals surface area contributed by atoms with Crippen molar-refractivity contribution in [1.29, 1.82) is 0 Å². The van der Waals surface area contributed by atoms with E-state index >= 15 is 0 Å². The third kappa shape index (κ3) is 5.88. The molecule has 1 aliphatic heterocycles. The molecule has 0 aliphatic carbocycles. The Morgan fingerprint density at radius 1 is 1.12 bits per heavy atom. The summed E-state index contributed by atoms with van der Waals surface area (Å²) in [7, 11) is -3.87. The van der Waals surface area contributed by atoms with Crippen LogP contribution in [0.1, 0.15) is 47.5 Å². The molecular weight excluding hydrogens is 454 g/mol. The first kappa shape index (κ1) is 25.6. The SMILES string of the molecule is CCCC(=O)Nc1ccc(S(=O)(=O)Nc2ccc3c(c2)OCC(C)(C)C(=O)N3CC(C)C)cc1. The number of rotatable bonds is 8. The van der Waals surface area contributed by atoms with E-state index in [1.165, 1.54) is 12.1 Å². The minimum atomic E-state index is -3.87. The quantitative estimate of drug-likeness (QED) is 0.565. The van der Waals surface area contributed by atoms with E-state index in [-0.39, 0.29) is 29.2 Å². The number of nitrogens with one attached hydrogen (secondary N) is 2. The van der Waals surface area contributed by atoms with Crippen LogP contribution in [0.5, 0.6) is 5.75 Å². The first-order chi connectivity index (χ1) is 15.9. The van der Waals surface area contributed by atoms with Crippen molar-refractivity contribution in [2.45, 2.75) is 52.4 Å². The highest BCUT2D eigenvalue weighted by Gasteiger charge is 2.38. The lowest BCUT2D eigenvalue weighted by atomic mass is 9.92. The molecule has 0 aromatic heterocycles. The molecule has 0 unspecified atom stereocenters. The van der Waals surface area contributed by atoms with Gasteiger partial charge in [0.2, 0.25) is 11.8 Å². The predicted molar refractivity (Wildman–Crippen MR) is 134 cm³/mol. The van der Waals surface area contributed by atoms with Crippen molar-refractivity contribution in [1.82, 2.24) is 0 Å². The van der Waals surface area contributed by atoms with Gasteiger partial charge >= 0.3 is 0 Å². The number of ether oxygens (including phenoxy) is 1. The largest absolute Gasteiger partial charge is 0.490 e. The average Bonchev–Trinajstić information content (AvgIpc) is 2.84. The van der Waals surface area contributed by atoms with Gasteiger partial charge in [-0.05, 0) is 62.6 Å². The molecule has 0 spiro atoms. The molecular formula is C25H33N3O5S. The molecule has 0 radical (unpaired) electrons. The summed E-state index contributed by atoms with van der Waals surface area (Å²) in [5.41, 5.74) is 0.783. The Hall–Kier alpha value is -3.07.